The minimum Gasteiger partial charge on any atom is -0.489 e. The highest BCUT2D eigenvalue weighted by Gasteiger charge is 2.14. The van der Waals surface area contributed by atoms with E-state index in [4.69, 9.17) is 32.7 Å². The molecule has 0 aliphatic heterocycles. The quantitative estimate of drug-likeness (QED) is 0.395. The van der Waals surface area contributed by atoms with Crippen molar-refractivity contribution in [3.8, 4) is 5.75 Å². The summed E-state index contributed by atoms with van der Waals surface area (Å²) in [5.41, 5.74) is 3.48. The minimum absolute atomic E-state index is 0.181. The predicted octanol–water partition coefficient (Wildman–Crippen LogP) is 6.24. The summed E-state index contributed by atoms with van der Waals surface area (Å²) < 4.78 is 10.8. The zero-order valence-corrected chi connectivity index (χ0v) is 19.3. The van der Waals surface area contributed by atoms with Crippen molar-refractivity contribution in [3.63, 3.8) is 0 Å². The maximum Gasteiger partial charge on any atom is 0.310 e. The van der Waals surface area contributed by atoms with Crippen LogP contribution < -0.4 is 10.1 Å². The van der Waals surface area contributed by atoms with E-state index in [2.05, 4.69) is 5.32 Å². The number of nitrogens with one attached hydrogen (secondary N) is 1. The summed E-state index contributed by atoms with van der Waals surface area (Å²) in [6.07, 6.45) is 0.181. The molecule has 0 saturated heterocycles. The highest BCUT2D eigenvalue weighted by atomic mass is 35.5. The Kier molecular flexibility index (Phi) is 8.14. The standard InChI is InChI=1S/C25H23Cl2NO4/c1-3-31-24(29)13-17-7-10-23(16(2)11-17)28-25(30)21-14-20(8-9-22(21)27)32-15-18-5-4-6-19(26)12-18/h4-12,14H,3,13,15H2,1-2H3,(H,28,30). The van der Waals surface area contributed by atoms with E-state index >= 15 is 0 Å². The maximum absolute atomic E-state index is 12.9. The topological polar surface area (TPSA) is 64.6 Å². The smallest absolute Gasteiger partial charge is 0.310 e. The first-order chi connectivity index (χ1) is 15.4. The number of esters is 1. The van der Waals surface area contributed by atoms with Crippen LogP contribution in [0.5, 0.6) is 5.75 Å². The Balaban J connectivity index is 1.69. The zero-order valence-electron chi connectivity index (χ0n) is 17.8. The Morgan fingerprint density at radius 3 is 2.50 bits per heavy atom. The number of anilines is 1. The van der Waals surface area contributed by atoms with Crippen LogP contribution in [-0.4, -0.2) is 18.5 Å². The lowest BCUT2D eigenvalue weighted by molar-refractivity contribution is -0.142. The summed E-state index contributed by atoms with van der Waals surface area (Å²) in [7, 11) is 0. The molecule has 0 aliphatic carbocycles. The largest absolute Gasteiger partial charge is 0.489 e. The van der Waals surface area contributed by atoms with Gasteiger partial charge < -0.3 is 14.8 Å². The van der Waals surface area contributed by atoms with Gasteiger partial charge in [0.2, 0.25) is 0 Å². The third-order valence-corrected chi connectivity index (χ3v) is 5.23. The fourth-order valence-electron chi connectivity index (χ4n) is 3.11. The normalized spacial score (nSPS) is 10.5. The van der Waals surface area contributed by atoms with Crippen molar-refractivity contribution in [3.05, 3.63) is 93.0 Å². The number of rotatable bonds is 8. The van der Waals surface area contributed by atoms with Crippen molar-refractivity contribution in [1.82, 2.24) is 0 Å². The second-order valence-electron chi connectivity index (χ2n) is 7.15. The van der Waals surface area contributed by atoms with Crippen molar-refractivity contribution >= 4 is 40.8 Å². The first-order valence-electron chi connectivity index (χ1n) is 10.1. The van der Waals surface area contributed by atoms with Crippen LogP contribution in [0, 0.1) is 6.92 Å². The highest BCUT2D eigenvalue weighted by Crippen LogP contribution is 2.25. The van der Waals surface area contributed by atoms with Crippen LogP contribution >= 0.6 is 23.2 Å². The molecule has 0 atom stereocenters. The molecule has 1 N–H and O–H groups in total. The van der Waals surface area contributed by atoms with Crippen LogP contribution in [0.2, 0.25) is 10.0 Å². The summed E-state index contributed by atoms with van der Waals surface area (Å²) in [5, 5.41) is 3.81. The second-order valence-corrected chi connectivity index (χ2v) is 7.99. The average Bonchev–Trinajstić information content (AvgIpc) is 2.75. The van der Waals surface area contributed by atoms with Gasteiger partial charge in [0.1, 0.15) is 12.4 Å². The number of carbonyl (C=O) groups is 2. The predicted molar refractivity (Wildman–Crippen MR) is 127 cm³/mol. The van der Waals surface area contributed by atoms with Gasteiger partial charge in [-0.05, 0) is 66.9 Å². The fourth-order valence-corrected chi connectivity index (χ4v) is 3.52. The maximum atomic E-state index is 12.9. The van der Waals surface area contributed by atoms with Gasteiger partial charge in [0.15, 0.2) is 0 Å². The summed E-state index contributed by atoms with van der Waals surface area (Å²) in [5.74, 6) is -0.129. The van der Waals surface area contributed by atoms with E-state index in [1.807, 2.05) is 31.2 Å². The number of carbonyl (C=O) groups excluding carboxylic acids is 2. The Hall–Kier alpha value is -3.02. The molecule has 0 aliphatic rings. The summed E-state index contributed by atoms with van der Waals surface area (Å²) >= 11 is 12.3. The Morgan fingerprint density at radius 1 is 0.969 bits per heavy atom. The van der Waals surface area contributed by atoms with Gasteiger partial charge in [-0.3, -0.25) is 9.59 Å². The van der Waals surface area contributed by atoms with E-state index in [-0.39, 0.29) is 18.3 Å². The number of halogens is 2. The molecule has 3 aromatic rings. The van der Waals surface area contributed by atoms with E-state index in [1.54, 1.807) is 43.3 Å². The van der Waals surface area contributed by atoms with Crippen molar-refractivity contribution in [1.29, 1.82) is 0 Å². The molecular formula is C25H23Cl2NO4. The summed E-state index contributed by atoms with van der Waals surface area (Å²) in [6.45, 7) is 4.28. The third kappa shape index (κ3) is 6.49. The Morgan fingerprint density at radius 2 is 1.78 bits per heavy atom. The third-order valence-electron chi connectivity index (χ3n) is 4.67. The van der Waals surface area contributed by atoms with Gasteiger partial charge in [0, 0.05) is 10.7 Å². The Labute approximate surface area is 197 Å². The van der Waals surface area contributed by atoms with Gasteiger partial charge in [-0.15, -0.1) is 0 Å². The molecule has 0 radical (unpaired) electrons. The molecule has 0 saturated carbocycles. The van der Waals surface area contributed by atoms with Gasteiger partial charge in [-0.1, -0.05) is 47.5 Å². The Bertz CT molecular complexity index is 1130. The molecule has 0 unspecified atom stereocenters. The van der Waals surface area contributed by atoms with Crippen LogP contribution in [-0.2, 0) is 22.6 Å². The minimum atomic E-state index is -0.357. The fraction of sp³-hybridized carbons (Fsp3) is 0.200. The van der Waals surface area contributed by atoms with Gasteiger partial charge in [-0.25, -0.2) is 0 Å². The lowest BCUT2D eigenvalue weighted by Gasteiger charge is -2.13. The lowest BCUT2D eigenvalue weighted by atomic mass is 10.1. The van der Waals surface area contributed by atoms with Crippen molar-refractivity contribution in [2.45, 2.75) is 26.9 Å². The van der Waals surface area contributed by atoms with E-state index in [1.165, 1.54) is 0 Å². The van der Waals surface area contributed by atoms with Crippen molar-refractivity contribution in [2.24, 2.45) is 0 Å². The molecule has 32 heavy (non-hydrogen) atoms. The molecule has 0 bridgehead atoms. The average molecular weight is 472 g/mol. The van der Waals surface area contributed by atoms with Gasteiger partial charge in [0.05, 0.1) is 23.6 Å². The molecule has 7 heteroatoms. The highest BCUT2D eigenvalue weighted by molar-refractivity contribution is 6.34. The molecule has 166 valence electrons. The molecule has 0 heterocycles. The number of hydrogen-bond donors (Lipinski definition) is 1. The number of hydrogen-bond acceptors (Lipinski definition) is 4. The van der Waals surface area contributed by atoms with Crippen LogP contribution in [0.15, 0.2) is 60.7 Å². The zero-order chi connectivity index (χ0) is 23.1. The molecule has 0 aromatic heterocycles. The first kappa shape index (κ1) is 23.6. The number of benzene rings is 3. The molecule has 0 fully saturated rings. The molecule has 3 aromatic carbocycles. The first-order valence-corrected chi connectivity index (χ1v) is 10.8. The second kappa shape index (κ2) is 11.0. The lowest BCUT2D eigenvalue weighted by Crippen LogP contribution is -2.14. The molecule has 0 spiro atoms. The van der Waals surface area contributed by atoms with E-state index < -0.39 is 0 Å². The molecule has 1 amide bonds. The van der Waals surface area contributed by atoms with E-state index in [0.29, 0.717) is 40.3 Å². The van der Waals surface area contributed by atoms with Crippen LogP contribution in [0.3, 0.4) is 0 Å². The van der Waals surface area contributed by atoms with Crippen molar-refractivity contribution < 1.29 is 19.1 Å². The van der Waals surface area contributed by atoms with Gasteiger partial charge in [-0.2, -0.15) is 0 Å². The van der Waals surface area contributed by atoms with E-state index in [0.717, 1.165) is 16.7 Å². The molecule has 3 rings (SSSR count). The number of amides is 1. The molecular weight excluding hydrogens is 449 g/mol. The van der Waals surface area contributed by atoms with E-state index in [9.17, 15) is 9.59 Å². The van der Waals surface area contributed by atoms with Gasteiger partial charge in [0.25, 0.3) is 5.91 Å². The summed E-state index contributed by atoms with van der Waals surface area (Å²) in [4.78, 5) is 24.5. The van der Waals surface area contributed by atoms with Crippen LogP contribution in [0.25, 0.3) is 0 Å². The number of ether oxygens (including phenoxy) is 2. The SMILES string of the molecule is CCOC(=O)Cc1ccc(NC(=O)c2cc(OCc3cccc(Cl)c3)ccc2Cl)c(C)c1. The molecule has 5 nitrogen and oxygen atoms in total. The van der Waals surface area contributed by atoms with Gasteiger partial charge >= 0.3 is 5.97 Å². The van der Waals surface area contributed by atoms with Crippen LogP contribution in [0.4, 0.5) is 5.69 Å². The van der Waals surface area contributed by atoms with Crippen LogP contribution in [0.1, 0.15) is 34.0 Å². The summed E-state index contributed by atoms with van der Waals surface area (Å²) in [6, 6.07) is 17.7. The monoisotopic (exact) mass is 471 g/mol. The van der Waals surface area contributed by atoms with Crippen molar-refractivity contribution in [2.75, 3.05) is 11.9 Å². The number of aryl methyl sites for hydroxylation is 1.